The number of esters is 1. The lowest BCUT2D eigenvalue weighted by Crippen LogP contribution is -2.29. The van der Waals surface area contributed by atoms with Gasteiger partial charge in [0, 0.05) is 23.6 Å². The number of ether oxygens (including phenoxy) is 1. The van der Waals surface area contributed by atoms with Crippen LogP contribution in [0.15, 0.2) is 80.9 Å². The maximum Gasteiger partial charge on any atom is 0.306 e. The lowest BCUT2D eigenvalue weighted by atomic mass is 9.86. The van der Waals surface area contributed by atoms with Crippen molar-refractivity contribution in [3.05, 3.63) is 104 Å². The van der Waals surface area contributed by atoms with E-state index in [2.05, 4.69) is 0 Å². The fraction of sp³-hybridized carbons (Fsp3) is 0.242. The van der Waals surface area contributed by atoms with Crippen molar-refractivity contribution in [2.45, 2.75) is 39.7 Å². The Bertz CT molecular complexity index is 1900. The molecular weight excluding hydrogens is 522 g/mol. The number of benzene rings is 3. The average molecular weight is 554 g/mol. The molecule has 0 aliphatic rings. The number of fused-ring (bicyclic) bond motifs is 2. The zero-order valence-corrected chi connectivity index (χ0v) is 23.3. The number of rotatable bonds is 7. The summed E-state index contributed by atoms with van der Waals surface area (Å²) >= 11 is 0. The van der Waals surface area contributed by atoms with E-state index < -0.39 is 11.9 Å². The summed E-state index contributed by atoms with van der Waals surface area (Å²) in [6.45, 7) is 6.44. The summed E-state index contributed by atoms with van der Waals surface area (Å²) in [5.74, 6) is -1.55. The van der Waals surface area contributed by atoms with Gasteiger partial charge in [0.25, 0.3) is 5.56 Å². The van der Waals surface area contributed by atoms with Gasteiger partial charge in [-0.25, -0.2) is 0 Å². The number of methoxy groups -OCH3 is 1. The molecule has 0 saturated heterocycles. The van der Waals surface area contributed by atoms with Gasteiger partial charge in [0.2, 0.25) is 5.43 Å². The van der Waals surface area contributed by atoms with E-state index in [4.69, 9.17) is 9.15 Å². The third-order valence-electron chi connectivity index (χ3n) is 7.28. The number of carbonyl (C=O) groups excluding carboxylic acids is 1. The van der Waals surface area contributed by atoms with Crippen molar-refractivity contribution in [1.29, 1.82) is 0 Å². The maximum absolute atomic E-state index is 14.1. The SMILES string of the molecule is COC(=O)CC(c1cc2cc(C)ccc2n(CC(C)C)c1=O)c1c(O)ccc2c(=O)c(-c3ccc(O)cc3)coc12. The molecule has 0 spiro atoms. The summed E-state index contributed by atoms with van der Waals surface area (Å²) in [7, 11) is 1.26. The Kier molecular flexibility index (Phi) is 7.41. The summed E-state index contributed by atoms with van der Waals surface area (Å²) in [4.78, 5) is 40.4. The highest BCUT2D eigenvalue weighted by atomic mass is 16.5. The van der Waals surface area contributed by atoms with Crippen molar-refractivity contribution in [2.75, 3.05) is 7.11 Å². The second kappa shape index (κ2) is 11.0. The first-order chi connectivity index (χ1) is 19.6. The molecule has 2 aromatic heterocycles. The predicted molar refractivity (Wildman–Crippen MR) is 158 cm³/mol. The smallest absolute Gasteiger partial charge is 0.306 e. The number of aromatic hydroxyl groups is 2. The fourth-order valence-electron chi connectivity index (χ4n) is 5.33. The highest BCUT2D eigenvalue weighted by Gasteiger charge is 2.30. The predicted octanol–water partition coefficient (Wildman–Crippen LogP) is 5.85. The van der Waals surface area contributed by atoms with Crippen molar-refractivity contribution < 1.29 is 24.2 Å². The largest absolute Gasteiger partial charge is 0.508 e. The van der Waals surface area contributed by atoms with Crippen LogP contribution < -0.4 is 11.0 Å². The normalized spacial score (nSPS) is 12.2. The molecule has 0 radical (unpaired) electrons. The number of phenols is 2. The first-order valence-electron chi connectivity index (χ1n) is 13.4. The van der Waals surface area contributed by atoms with Crippen molar-refractivity contribution in [3.63, 3.8) is 0 Å². The highest BCUT2D eigenvalue weighted by Crippen LogP contribution is 2.39. The minimum atomic E-state index is -0.968. The van der Waals surface area contributed by atoms with Gasteiger partial charge in [-0.15, -0.1) is 0 Å². The number of hydrogen-bond donors (Lipinski definition) is 2. The molecule has 0 fully saturated rings. The third kappa shape index (κ3) is 5.20. The molecule has 8 nitrogen and oxygen atoms in total. The maximum atomic E-state index is 14.1. The van der Waals surface area contributed by atoms with Gasteiger partial charge in [-0.3, -0.25) is 14.4 Å². The lowest BCUT2D eigenvalue weighted by Gasteiger charge is -2.22. The van der Waals surface area contributed by atoms with Gasteiger partial charge in [0.15, 0.2) is 0 Å². The molecule has 1 atom stereocenters. The lowest BCUT2D eigenvalue weighted by molar-refractivity contribution is -0.140. The van der Waals surface area contributed by atoms with Crippen LogP contribution in [0.3, 0.4) is 0 Å². The number of hydrogen-bond acceptors (Lipinski definition) is 7. The van der Waals surface area contributed by atoms with E-state index in [1.807, 2.05) is 39.0 Å². The molecule has 5 aromatic rings. The topological polar surface area (TPSA) is 119 Å². The molecule has 8 heteroatoms. The number of nitrogens with zero attached hydrogens (tertiary/aromatic N) is 1. The molecule has 3 aromatic carbocycles. The standard InChI is InChI=1S/C33H31NO7/c1-18(2)16-34-27-11-5-19(3)13-21(27)14-25(33(34)39)24(15-29(37)40-4)30-28(36)12-10-23-31(38)26(17-41-32(23)30)20-6-8-22(35)9-7-20/h5-14,17-18,24,35-36H,15-16H2,1-4H3. The molecule has 0 aliphatic heterocycles. The van der Waals surface area contributed by atoms with Crippen molar-refractivity contribution in [1.82, 2.24) is 4.57 Å². The van der Waals surface area contributed by atoms with Gasteiger partial charge < -0.3 is 23.9 Å². The van der Waals surface area contributed by atoms with Crippen molar-refractivity contribution in [2.24, 2.45) is 5.92 Å². The number of carbonyl (C=O) groups is 1. The van der Waals surface area contributed by atoms with Gasteiger partial charge in [-0.1, -0.05) is 37.6 Å². The molecular formula is C33H31NO7. The van der Waals surface area contributed by atoms with E-state index in [9.17, 15) is 24.6 Å². The van der Waals surface area contributed by atoms with Crippen LogP contribution in [0.4, 0.5) is 0 Å². The zero-order chi connectivity index (χ0) is 29.4. The highest BCUT2D eigenvalue weighted by molar-refractivity contribution is 5.88. The first kappa shape index (κ1) is 27.7. The van der Waals surface area contributed by atoms with E-state index in [-0.39, 0.29) is 62.5 Å². The summed E-state index contributed by atoms with van der Waals surface area (Å²) in [5.41, 5.74) is 2.42. The van der Waals surface area contributed by atoms with Crippen LogP contribution in [0.25, 0.3) is 33.0 Å². The Hall–Kier alpha value is -4.85. The number of aromatic nitrogens is 1. The van der Waals surface area contributed by atoms with Crippen LogP contribution in [0.2, 0.25) is 0 Å². The molecule has 0 amide bonds. The Morgan fingerprint density at radius 2 is 1.73 bits per heavy atom. The summed E-state index contributed by atoms with van der Waals surface area (Å²) in [6.07, 6.45) is 1.02. The minimum Gasteiger partial charge on any atom is -0.508 e. The monoisotopic (exact) mass is 553 g/mol. The fourth-order valence-corrected chi connectivity index (χ4v) is 5.33. The Morgan fingerprint density at radius 3 is 2.41 bits per heavy atom. The summed E-state index contributed by atoms with van der Waals surface area (Å²) in [6, 6.07) is 16.5. The quantitative estimate of drug-likeness (QED) is 0.243. The molecule has 210 valence electrons. The number of pyridine rings is 1. The number of phenolic OH excluding ortho intramolecular Hbond substituents is 2. The Balaban J connectivity index is 1.81. The Morgan fingerprint density at radius 1 is 1.00 bits per heavy atom. The van der Waals surface area contributed by atoms with E-state index in [1.165, 1.54) is 37.6 Å². The molecule has 0 saturated carbocycles. The van der Waals surface area contributed by atoms with Gasteiger partial charge in [-0.05, 0) is 66.3 Å². The first-order valence-corrected chi connectivity index (χ1v) is 13.4. The molecule has 2 N–H and O–H groups in total. The molecule has 0 aliphatic carbocycles. The molecule has 2 heterocycles. The second-order valence-corrected chi connectivity index (χ2v) is 10.7. The Labute approximate surface area is 236 Å². The zero-order valence-electron chi connectivity index (χ0n) is 23.3. The van der Waals surface area contributed by atoms with Gasteiger partial charge in [-0.2, -0.15) is 0 Å². The average Bonchev–Trinajstić information content (AvgIpc) is 2.94. The van der Waals surface area contributed by atoms with Gasteiger partial charge in [0.05, 0.1) is 30.0 Å². The minimum absolute atomic E-state index is 0.0606. The van der Waals surface area contributed by atoms with Crippen LogP contribution in [0.5, 0.6) is 11.5 Å². The van der Waals surface area contributed by atoms with Gasteiger partial charge in [0.1, 0.15) is 23.3 Å². The summed E-state index contributed by atoms with van der Waals surface area (Å²) < 4.78 is 12.7. The van der Waals surface area contributed by atoms with E-state index in [1.54, 1.807) is 22.8 Å². The van der Waals surface area contributed by atoms with Crippen LogP contribution in [-0.4, -0.2) is 27.9 Å². The van der Waals surface area contributed by atoms with Crippen molar-refractivity contribution >= 4 is 27.8 Å². The molecule has 0 bridgehead atoms. The van der Waals surface area contributed by atoms with Crippen LogP contribution in [0, 0.1) is 12.8 Å². The molecule has 5 rings (SSSR count). The summed E-state index contributed by atoms with van der Waals surface area (Å²) in [5, 5.41) is 21.8. The molecule has 41 heavy (non-hydrogen) atoms. The molecule has 1 unspecified atom stereocenters. The third-order valence-corrected chi connectivity index (χ3v) is 7.28. The van der Waals surface area contributed by atoms with Crippen LogP contribution in [0.1, 0.15) is 42.9 Å². The van der Waals surface area contributed by atoms with Gasteiger partial charge >= 0.3 is 5.97 Å². The number of aryl methyl sites for hydroxylation is 1. The van der Waals surface area contributed by atoms with E-state index >= 15 is 0 Å². The van der Waals surface area contributed by atoms with Crippen molar-refractivity contribution in [3.8, 4) is 22.6 Å². The van der Waals surface area contributed by atoms with Crippen LogP contribution >= 0.6 is 0 Å². The second-order valence-electron chi connectivity index (χ2n) is 10.7. The van der Waals surface area contributed by atoms with E-state index in [0.717, 1.165) is 16.5 Å². The van der Waals surface area contributed by atoms with E-state index in [0.29, 0.717) is 12.1 Å². The van der Waals surface area contributed by atoms with Crippen LogP contribution in [-0.2, 0) is 16.1 Å².